The van der Waals surface area contributed by atoms with Gasteiger partial charge in [-0.25, -0.2) is 4.79 Å². The van der Waals surface area contributed by atoms with Gasteiger partial charge in [0.1, 0.15) is 0 Å². The molecule has 1 radical (unpaired) electrons. The van der Waals surface area contributed by atoms with Crippen molar-refractivity contribution >= 4 is 12.3 Å². The Bertz CT molecular complexity index is 120. The Kier molecular flexibility index (Phi) is 5.04. The van der Waals surface area contributed by atoms with Crippen LogP contribution in [0.1, 0.15) is 0 Å². The molecule has 0 aliphatic carbocycles. The van der Waals surface area contributed by atoms with Gasteiger partial charge in [-0.15, -0.1) is 6.58 Å². The Morgan fingerprint density at radius 2 is 2.30 bits per heavy atom. The van der Waals surface area contributed by atoms with Gasteiger partial charge in [-0.3, -0.25) is 4.79 Å². The molecule has 0 aliphatic rings. The SMILES string of the molecule is C=CCNC(=O)NC[C]=O. The van der Waals surface area contributed by atoms with Gasteiger partial charge in [0, 0.05) is 6.54 Å². The van der Waals surface area contributed by atoms with E-state index in [0.29, 0.717) is 6.54 Å². The molecule has 0 aromatic rings. The second-order valence-electron chi connectivity index (χ2n) is 1.50. The molecular weight excluding hydrogens is 132 g/mol. The minimum Gasteiger partial charge on any atom is -0.335 e. The van der Waals surface area contributed by atoms with E-state index >= 15 is 0 Å². The summed E-state index contributed by atoms with van der Waals surface area (Å²) in [6.45, 7) is 3.71. The second-order valence-corrected chi connectivity index (χ2v) is 1.50. The van der Waals surface area contributed by atoms with E-state index in [-0.39, 0.29) is 12.6 Å². The predicted octanol–water partition coefficient (Wildman–Crippen LogP) is -0.419. The molecule has 0 aromatic carbocycles. The molecule has 0 saturated heterocycles. The molecule has 2 amide bonds. The lowest BCUT2D eigenvalue weighted by Crippen LogP contribution is -2.36. The summed E-state index contributed by atoms with van der Waals surface area (Å²) in [5.41, 5.74) is 0. The van der Waals surface area contributed by atoms with E-state index < -0.39 is 0 Å². The van der Waals surface area contributed by atoms with E-state index in [1.165, 1.54) is 6.29 Å². The van der Waals surface area contributed by atoms with Crippen LogP contribution in [0.5, 0.6) is 0 Å². The van der Waals surface area contributed by atoms with Gasteiger partial charge in [0.05, 0.1) is 6.54 Å². The molecule has 0 saturated carbocycles. The van der Waals surface area contributed by atoms with Crippen molar-refractivity contribution in [3.05, 3.63) is 12.7 Å². The zero-order chi connectivity index (χ0) is 7.82. The van der Waals surface area contributed by atoms with Crippen LogP contribution < -0.4 is 10.6 Å². The topological polar surface area (TPSA) is 58.2 Å². The lowest BCUT2D eigenvalue weighted by atomic mass is 10.6. The van der Waals surface area contributed by atoms with Gasteiger partial charge in [-0.2, -0.15) is 0 Å². The summed E-state index contributed by atoms with van der Waals surface area (Å²) in [4.78, 5) is 20.1. The number of rotatable bonds is 4. The van der Waals surface area contributed by atoms with Crippen molar-refractivity contribution in [1.82, 2.24) is 10.6 Å². The maximum atomic E-state index is 10.5. The number of hydrogen-bond acceptors (Lipinski definition) is 2. The Hall–Kier alpha value is -1.32. The summed E-state index contributed by atoms with van der Waals surface area (Å²) in [5, 5.41) is 4.67. The molecule has 0 rings (SSSR count). The van der Waals surface area contributed by atoms with E-state index in [1.807, 2.05) is 0 Å². The highest BCUT2D eigenvalue weighted by Gasteiger charge is 1.93. The first kappa shape index (κ1) is 8.68. The zero-order valence-electron chi connectivity index (χ0n) is 5.52. The molecule has 0 fully saturated rings. The van der Waals surface area contributed by atoms with Crippen molar-refractivity contribution in [1.29, 1.82) is 0 Å². The Balaban J connectivity index is 3.24. The van der Waals surface area contributed by atoms with Gasteiger partial charge in [-0.05, 0) is 0 Å². The molecule has 0 unspecified atom stereocenters. The van der Waals surface area contributed by atoms with Gasteiger partial charge in [0.15, 0.2) is 0 Å². The lowest BCUT2D eigenvalue weighted by molar-refractivity contribution is 0.243. The minimum atomic E-state index is -0.386. The van der Waals surface area contributed by atoms with E-state index in [9.17, 15) is 9.59 Å². The number of nitrogens with one attached hydrogen (secondary N) is 2. The number of amides is 2. The molecule has 2 N–H and O–H groups in total. The standard InChI is InChI=1S/C6H9N2O2/c1-2-3-7-6(10)8-4-5-9/h2H,1,3-4H2,(H2,7,8,10). The van der Waals surface area contributed by atoms with Gasteiger partial charge in [0.25, 0.3) is 0 Å². The Morgan fingerprint density at radius 3 is 2.80 bits per heavy atom. The summed E-state index contributed by atoms with van der Waals surface area (Å²) < 4.78 is 0. The van der Waals surface area contributed by atoms with Crippen molar-refractivity contribution in [2.24, 2.45) is 0 Å². The van der Waals surface area contributed by atoms with Crippen LogP contribution in [0.4, 0.5) is 4.79 Å². The fraction of sp³-hybridized carbons (Fsp3) is 0.333. The van der Waals surface area contributed by atoms with Crippen molar-refractivity contribution in [2.75, 3.05) is 13.1 Å². The molecule has 10 heavy (non-hydrogen) atoms. The van der Waals surface area contributed by atoms with Crippen LogP contribution in [0.15, 0.2) is 12.7 Å². The first-order valence-electron chi connectivity index (χ1n) is 2.79. The molecule has 0 aliphatic heterocycles. The van der Waals surface area contributed by atoms with Crippen LogP contribution in [0.25, 0.3) is 0 Å². The van der Waals surface area contributed by atoms with Gasteiger partial charge < -0.3 is 10.6 Å². The fourth-order valence-electron chi connectivity index (χ4n) is 0.344. The summed E-state index contributed by atoms with van der Waals surface area (Å²) >= 11 is 0. The third kappa shape index (κ3) is 4.83. The van der Waals surface area contributed by atoms with Crippen molar-refractivity contribution in [2.45, 2.75) is 0 Å². The summed E-state index contributed by atoms with van der Waals surface area (Å²) in [7, 11) is 0. The molecule has 4 nitrogen and oxygen atoms in total. The molecule has 55 valence electrons. The third-order valence-corrected chi connectivity index (χ3v) is 0.728. The van der Waals surface area contributed by atoms with Gasteiger partial charge in [0.2, 0.25) is 6.29 Å². The largest absolute Gasteiger partial charge is 0.335 e. The lowest BCUT2D eigenvalue weighted by Gasteiger charge is -1.99. The first-order valence-corrected chi connectivity index (χ1v) is 2.79. The van der Waals surface area contributed by atoms with Crippen molar-refractivity contribution in [3.63, 3.8) is 0 Å². The maximum absolute atomic E-state index is 10.5. The van der Waals surface area contributed by atoms with Crippen molar-refractivity contribution in [3.8, 4) is 0 Å². The van der Waals surface area contributed by atoms with Gasteiger partial charge in [-0.1, -0.05) is 6.08 Å². The Morgan fingerprint density at radius 1 is 1.60 bits per heavy atom. The zero-order valence-corrected chi connectivity index (χ0v) is 5.52. The molecule has 4 heteroatoms. The third-order valence-electron chi connectivity index (χ3n) is 0.728. The number of carbonyl (C=O) groups is 1. The quantitative estimate of drug-likeness (QED) is 0.522. The molecule has 0 aromatic heterocycles. The molecule has 0 spiro atoms. The maximum Gasteiger partial charge on any atom is 0.315 e. The van der Waals surface area contributed by atoms with Crippen LogP contribution in [0.2, 0.25) is 0 Å². The number of hydrogen-bond donors (Lipinski definition) is 2. The highest BCUT2D eigenvalue weighted by atomic mass is 16.2. The molecule has 0 heterocycles. The molecule has 0 bridgehead atoms. The Labute approximate surface area is 59.3 Å². The number of carbonyl (C=O) groups excluding carboxylic acids is 2. The van der Waals surface area contributed by atoms with Gasteiger partial charge >= 0.3 is 6.03 Å². The fourth-order valence-corrected chi connectivity index (χ4v) is 0.344. The summed E-state index contributed by atoms with van der Waals surface area (Å²) in [6.07, 6.45) is 3.07. The van der Waals surface area contributed by atoms with E-state index in [2.05, 4.69) is 17.2 Å². The van der Waals surface area contributed by atoms with Crippen LogP contribution in [0.3, 0.4) is 0 Å². The smallest absolute Gasteiger partial charge is 0.315 e. The van der Waals surface area contributed by atoms with E-state index in [1.54, 1.807) is 6.08 Å². The van der Waals surface area contributed by atoms with Crippen molar-refractivity contribution < 1.29 is 9.59 Å². The van der Waals surface area contributed by atoms with Crippen LogP contribution in [0, 0.1) is 0 Å². The van der Waals surface area contributed by atoms with Crippen LogP contribution >= 0.6 is 0 Å². The van der Waals surface area contributed by atoms with E-state index in [0.717, 1.165) is 0 Å². The highest BCUT2D eigenvalue weighted by Crippen LogP contribution is 1.63. The average Bonchev–Trinajstić information content (AvgIpc) is 1.97. The second kappa shape index (κ2) is 5.81. The monoisotopic (exact) mass is 141 g/mol. The number of urea groups is 1. The van der Waals surface area contributed by atoms with E-state index in [4.69, 9.17) is 0 Å². The summed E-state index contributed by atoms with van der Waals surface area (Å²) in [6, 6.07) is -0.386. The predicted molar refractivity (Wildman–Crippen MR) is 37.3 cm³/mol. The van der Waals surface area contributed by atoms with Crippen LogP contribution in [-0.4, -0.2) is 25.4 Å². The molecule has 0 atom stereocenters. The highest BCUT2D eigenvalue weighted by molar-refractivity contribution is 5.76. The van der Waals surface area contributed by atoms with Crippen LogP contribution in [-0.2, 0) is 4.79 Å². The first-order chi connectivity index (χ1) is 4.81. The summed E-state index contributed by atoms with van der Waals surface area (Å²) in [5.74, 6) is 0. The molecular formula is C6H9N2O2. The minimum absolute atomic E-state index is 0.0804. The normalized spacial score (nSPS) is 8.00. The average molecular weight is 141 g/mol.